The number of halogens is 2. The molecule has 0 aliphatic heterocycles. The van der Waals surface area contributed by atoms with Crippen LogP contribution in [-0.4, -0.2) is 16.9 Å². The molecule has 0 aliphatic carbocycles. The summed E-state index contributed by atoms with van der Waals surface area (Å²) in [5, 5.41) is 8.39. The van der Waals surface area contributed by atoms with Gasteiger partial charge in [-0.15, -0.1) is 0 Å². The van der Waals surface area contributed by atoms with E-state index in [0.717, 1.165) is 6.07 Å². The smallest absolute Gasteiger partial charge is 0.303 e. The van der Waals surface area contributed by atoms with Crippen molar-refractivity contribution in [2.75, 3.05) is 0 Å². The quantitative estimate of drug-likeness (QED) is 0.859. The van der Waals surface area contributed by atoms with Crippen LogP contribution in [0, 0.1) is 5.82 Å². The lowest BCUT2D eigenvalue weighted by molar-refractivity contribution is -0.136. The van der Waals surface area contributed by atoms with Crippen molar-refractivity contribution >= 4 is 27.7 Å². The second-order valence-electron chi connectivity index (χ2n) is 2.95. The van der Waals surface area contributed by atoms with Gasteiger partial charge in [0.25, 0.3) is 0 Å². The van der Waals surface area contributed by atoms with Gasteiger partial charge in [0.15, 0.2) is 5.78 Å². The number of aliphatic carboxylic acids is 1. The number of ketones is 1. The number of carbonyl (C=O) groups is 2. The van der Waals surface area contributed by atoms with Crippen molar-refractivity contribution in [3.63, 3.8) is 0 Å². The number of hydrogen-bond acceptors (Lipinski definition) is 2. The fourth-order valence-electron chi connectivity index (χ4n) is 1.03. The molecule has 1 aromatic rings. The van der Waals surface area contributed by atoms with Crippen LogP contribution >= 0.6 is 15.9 Å². The molecule has 5 heteroatoms. The Morgan fingerprint density at radius 2 is 2.00 bits per heavy atom. The maximum absolute atomic E-state index is 12.8. The van der Waals surface area contributed by atoms with Crippen molar-refractivity contribution in [3.8, 4) is 0 Å². The predicted octanol–water partition coefficient (Wildman–Crippen LogP) is 2.64. The molecule has 0 heterocycles. The molecule has 1 N–H and O–H groups in total. The number of carboxylic acid groups (broad SMARTS) is 1. The number of carbonyl (C=O) groups excluding carboxylic acids is 1. The van der Waals surface area contributed by atoms with Gasteiger partial charge in [-0.05, 0) is 34.1 Å². The molecule has 0 unspecified atom stereocenters. The van der Waals surface area contributed by atoms with E-state index in [1.165, 1.54) is 12.1 Å². The van der Waals surface area contributed by atoms with E-state index >= 15 is 0 Å². The molecule has 0 bridgehead atoms. The summed E-state index contributed by atoms with van der Waals surface area (Å²) in [7, 11) is 0. The second-order valence-corrected chi connectivity index (χ2v) is 3.80. The van der Waals surface area contributed by atoms with Crippen LogP contribution in [-0.2, 0) is 4.79 Å². The van der Waals surface area contributed by atoms with E-state index in [2.05, 4.69) is 15.9 Å². The zero-order chi connectivity index (χ0) is 11.4. The van der Waals surface area contributed by atoms with Crippen LogP contribution in [0.2, 0.25) is 0 Å². The zero-order valence-electron chi connectivity index (χ0n) is 7.67. The first kappa shape index (κ1) is 11.8. The van der Waals surface area contributed by atoms with Crippen LogP contribution in [0.15, 0.2) is 22.7 Å². The average Bonchev–Trinajstić information content (AvgIpc) is 2.18. The molecule has 0 radical (unpaired) electrons. The minimum absolute atomic E-state index is 0.0760. The molecule has 0 aliphatic rings. The van der Waals surface area contributed by atoms with E-state index in [9.17, 15) is 14.0 Å². The van der Waals surface area contributed by atoms with E-state index in [1.807, 2.05) is 0 Å². The topological polar surface area (TPSA) is 54.4 Å². The van der Waals surface area contributed by atoms with E-state index in [0.29, 0.717) is 5.56 Å². The fraction of sp³-hybridized carbons (Fsp3) is 0.200. The Kier molecular flexibility index (Phi) is 3.96. The Morgan fingerprint density at radius 3 is 2.53 bits per heavy atom. The monoisotopic (exact) mass is 274 g/mol. The summed E-state index contributed by atoms with van der Waals surface area (Å²) in [6, 6.07) is 3.85. The molecule has 0 amide bonds. The SMILES string of the molecule is O=C(O)CCC(=O)c1ccc(F)c(Br)c1. The zero-order valence-corrected chi connectivity index (χ0v) is 9.25. The molecule has 0 fully saturated rings. The molecule has 0 aromatic heterocycles. The van der Waals surface area contributed by atoms with Gasteiger partial charge in [0, 0.05) is 12.0 Å². The van der Waals surface area contributed by atoms with E-state index in [4.69, 9.17) is 5.11 Å². The van der Waals surface area contributed by atoms with Crippen molar-refractivity contribution < 1.29 is 19.1 Å². The Bertz CT molecular complexity index is 404. The molecule has 0 spiro atoms. The third kappa shape index (κ3) is 3.43. The fourth-order valence-corrected chi connectivity index (χ4v) is 1.41. The van der Waals surface area contributed by atoms with Crippen molar-refractivity contribution in [3.05, 3.63) is 34.1 Å². The molecule has 15 heavy (non-hydrogen) atoms. The molecule has 3 nitrogen and oxygen atoms in total. The summed E-state index contributed by atoms with van der Waals surface area (Å²) >= 11 is 2.95. The first-order valence-electron chi connectivity index (χ1n) is 4.20. The molecule has 0 atom stereocenters. The van der Waals surface area contributed by atoms with Gasteiger partial charge in [0.1, 0.15) is 5.82 Å². The first-order chi connectivity index (χ1) is 7.00. The van der Waals surface area contributed by atoms with Crippen molar-refractivity contribution in [2.45, 2.75) is 12.8 Å². The lowest BCUT2D eigenvalue weighted by Gasteiger charge is -2.00. The first-order valence-corrected chi connectivity index (χ1v) is 5.00. The van der Waals surface area contributed by atoms with Crippen LogP contribution in [0.25, 0.3) is 0 Å². The van der Waals surface area contributed by atoms with Gasteiger partial charge in [-0.3, -0.25) is 9.59 Å². The molecule has 80 valence electrons. The summed E-state index contributed by atoms with van der Waals surface area (Å²) in [5.41, 5.74) is 0.310. The van der Waals surface area contributed by atoms with Gasteiger partial charge in [-0.2, -0.15) is 0 Å². The Labute approximate surface area is 94.0 Å². The van der Waals surface area contributed by atoms with Crippen LogP contribution in [0.5, 0.6) is 0 Å². The number of rotatable bonds is 4. The summed E-state index contributed by atoms with van der Waals surface area (Å²) in [5.74, 6) is -1.78. The highest BCUT2D eigenvalue weighted by Gasteiger charge is 2.10. The third-order valence-corrected chi connectivity index (χ3v) is 2.42. The number of hydrogen-bond donors (Lipinski definition) is 1. The second kappa shape index (κ2) is 5.02. The highest BCUT2D eigenvalue weighted by atomic mass is 79.9. The molecular formula is C10H8BrFO3. The Hall–Kier alpha value is -1.23. The maximum Gasteiger partial charge on any atom is 0.303 e. The van der Waals surface area contributed by atoms with Crippen LogP contribution in [0.4, 0.5) is 4.39 Å². The minimum atomic E-state index is -1.02. The van der Waals surface area contributed by atoms with Crippen LogP contribution < -0.4 is 0 Å². The van der Waals surface area contributed by atoms with Gasteiger partial charge >= 0.3 is 5.97 Å². The highest BCUT2D eigenvalue weighted by molar-refractivity contribution is 9.10. The van der Waals surface area contributed by atoms with E-state index < -0.39 is 11.8 Å². The van der Waals surface area contributed by atoms with E-state index in [-0.39, 0.29) is 23.1 Å². The van der Waals surface area contributed by atoms with Crippen molar-refractivity contribution in [2.24, 2.45) is 0 Å². The minimum Gasteiger partial charge on any atom is -0.481 e. The third-order valence-electron chi connectivity index (χ3n) is 1.81. The van der Waals surface area contributed by atoms with Crippen molar-refractivity contribution in [1.82, 2.24) is 0 Å². The molecule has 0 saturated heterocycles. The summed E-state index contributed by atoms with van der Waals surface area (Å²) < 4.78 is 13.0. The van der Waals surface area contributed by atoms with Crippen molar-refractivity contribution in [1.29, 1.82) is 0 Å². The van der Waals surface area contributed by atoms with Crippen LogP contribution in [0.1, 0.15) is 23.2 Å². The summed E-state index contributed by atoms with van der Waals surface area (Å²) in [6.07, 6.45) is -0.290. The largest absolute Gasteiger partial charge is 0.481 e. The average molecular weight is 275 g/mol. The highest BCUT2D eigenvalue weighted by Crippen LogP contribution is 2.18. The predicted molar refractivity (Wildman–Crippen MR) is 55.3 cm³/mol. The lowest BCUT2D eigenvalue weighted by atomic mass is 10.1. The van der Waals surface area contributed by atoms with Gasteiger partial charge in [-0.1, -0.05) is 0 Å². The van der Waals surface area contributed by atoms with Gasteiger partial charge in [0.05, 0.1) is 10.9 Å². The maximum atomic E-state index is 12.8. The molecule has 0 saturated carbocycles. The standard InChI is InChI=1S/C10H8BrFO3/c11-7-5-6(1-2-8(7)12)9(13)3-4-10(14)15/h1-2,5H,3-4H2,(H,14,15). The number of benzene rings is 1. The Morgan fingerprint density at radius 1 is 1.33 bits per heavy atom. The summed E-state index contributed by atoms with van der Waals surface area (Å²) in [6.45, 7) is 0. The van der Waals surface area contributed by atoms with Gasteiger partial charge < -0.3 is 5.11 Å². The molecule has 1 rings (SSSR count). The summed E-state index contributed by atoms with van der Waals surface area (Å²) in [4.78, 5) is 21.6. The number of Topliss-reactive ketones (excluding diaryl/α,β-unsaturated/α-hetero) is 1. The van der Waals surface area contributed by atoms with Gasteiger partial charge in [0.2, 0.25) is 0 Å². The normalized spacial score (nSPS) is 10.0. The Balaban J connectivity index is 2.74. The van der Waals surface area contributed by atoms with Gasteiger partial charge in [-0.25, -0.2) is 4.39 Å². The molecule has 1 aromatic carbocycles. The van der Waals surface area contributed by atoms with E-state index in [1.54, 1.807) is 0 Å². The van der Waals surface area contributed by atoms with Crippen LogP contribution in [0.3, 0.4) is 0 Å². The number of carboxylic acids is 1. The lowest BCUT2D eigenvalue weighted by Crippen LogP contribution is -2.03. The molecular weight excluding hydrogens is 267 g/mol.